The number of carbonyl (C=O) groups excluding carboxylic acids is 1. The van der Waals surface area contributed by atoms with Crippen molar-refractivity contribution in [3.05, 3.63) is 38.9 Å². The number of hydrogen-bond donors (Lipinski definition) is 0. The number of aryl methyl sites for hydroxylation is 1. The van der Waals surface area contributed by atoms with Gasteiger partial charge >= 0.3 is 5.97 Å². The number of carbonyl (C=O) groups is 1. The van der Waals surface area contributed by atoms with Crippen LogP contribution >= 0.6 is 34.5 Å². The highest BCUT2D eigenvalue weighted by atomic mass is 35.5. The largest absolute Gasteiger partial charge is 0.453 e. The zero-order valence-electron chi connectivity index (χ0n) is 12.8. The van der Waals surface area contributed by atoms with Crippen molar-refractivity contribution in [2.75, 3.05) is 0 Å². The Kier molecular flexibility index (Phi) is 5.33. The summed E-state index contributed by atoms with van der Waals surface area (Å²) in [6.45, 7) is 2.78. The maximum absolute atomic E-state index is 12.3. The van der Waals surface area contributed by atoms with Crippen LogP contribution in [0.15, 0.2) is 18.2 Å². The molecular weight excluding hydrogens is 371 g/mol. The molecule has 0 bridgehead atoms. The highest BCUT2D eigenvalue weighted by Gasteiger charge is 2.19. The first-order valence-corrected chi connectivity index (χ1v) is 8.97. The lowest BCUT2D eigenvalue weighted by Crippen LogP contribution is -2.10. The van der Waals surface area contributed by atoms with E-state index in [-0.39, 0.29) is 6.61 Å². The zero-order valence-corrected chi connectivity index (χ0v) is 15.2. The van der Waals surface area contributed by atoms with Gasteiger partial charge in [-0.3, -0.25) is 0 Å². The van der Waals surface area contributed by atoms with Crippen molar-refractivity contribution in [3.8, 4) is 0 Å². The summed E-state index contributed by atoms with van der Waals surface area (Å²) in [5.41, 5.74) is 0. The maximum Gasteiger partial charge on any atom is 0.350 e. The van der Waals surface area contributed by atoms with Crippen molar-refractivity contribution >= 4 is 50.6 Å². The molecule has 6 nitrogen and oxygen atoms in total. The average Bonchev–Trinajstić information content (AvgIpc) is 3.15. The van der Waals surface area contributed by atoms with Crippen LogP contribution in [-0.2, 0) is 17.9 Å². The number of benzene rings is 1. The van der Waals surface area contributed by atoms with Crippen molar-refractivity contribution in [3.63, 3.8) is 0 Å². The van der Waals surface area contributed by atoms with E-state index in [4.69, 9.17) is 27.9 Å². The Bertz CT molecular complexity index is 878. The van der Waals surface area contributed by atoms with Gasteiger partial charge in [0.25, 0.3) is 0 Å². The molecule has 0 aliphatic heterocycles. The van der Waals surface area contributed by atoms with Gasteiger partial charge in [0.2, 0.25) is 0 Å². The van der Waals surface area contributed by atoms with Crippen molar-refractivity contribution < 1.29 is 9.53 Å². The zero-order chi connectivity index (χ0) is 17.1. The van der Waals surface area contributed by atoms with E-state index in [1.54, 1.807) is 22.9 Å². The van der Waals surface area contributed by atoms with E-state index < -0.39 is 5.97 Å². The highest BCUT2D eigenvalue weighted by Crippen LogP contribution is 2.37. The number of rotatable bonds is 6. The summed E-state index contributed by atoms with van der Waals surface area (Å²) in [5, 5.41) is 13.2. The number of unbranched alkanes of at least 4 members (excludes halogenated alkanes) is 1. The molecule has 0 N–H and O–H groups in total. The minimum atomic E-state index is -0.498. The molecule has 2 aromatic heterocycles. The van der Waals surface area contributed by atoms with Gasteiger partial charge in [-0.25, -0.2) is 9.48 Å². The quantitative estimate of drug-likeness (QED) is 0.590. The number of aromatic nitrogens is 4. The summed E-state index contributed by atoms with van der Waals surface area (Å²) in [5.74, 6) is 0.0134. The molecule has 0 aliphatic carbocycles. The van der Waals surface area contributed by atoms with Crippen LogP contribution in [0.2, 0.25) is 10.0 Å². The molecule has 2 heterocycles. The van der Waals surface area contributed by atoms with Gasteiger partial charge in [-0.15, -0.1) is 16.4 Å². The number of thiophene rings is 1. The number of halogens is 2. The SMILES string of the molecule is CCCCn1nnnc1COC(=O)c1sc2cc(Cl)ccc2c1Cl. The Morgan fingerprint density at radius 3 is 3.00 bits per heavy atom. The molecule has 3 rings (SSSR count). The van der Waals surface area contributed by atoms with Gasteiger partial charge in [0.15, 0.2) is 12.4 Å². The minimum absolute atomic E-state index is 0.000871. The lowest BCUT2D eigenvalue weighted by atomic mass is 10.2. The second kappa shape index (κ2) is 7.46. The van der Waals surface area contributed by atoms with E-state index in [1.807, 2.05) is 0 Å². The molecule has 3 aromatic rings. The molecule has 0 fully saturated rings. The fourth-order valence-electron chi connectivity index (χ4n) is 2.17. The molecule has 0 amide bonds. The van der Waals surface area contributed by atoms with Crippen LogP contribution in [0.3, 0.4) is 0 Å². The van der Waals surface area contributed by atoms with Gasteiger partial charge in [-0.2, -0.15) is 0 Å². The lowest BCUT2D eigenvalue weighted by molar-refractivity contribution is 0.0462. The second-order valence-corrected chi connectivity index (χ2v) is 7.00. The monoisotopic (exact) mass is 384 g/mol. The molecule has 9 heteroatoms. The summed E-state index contributed by atoms with van der Waals surface area (Å²) in [6.07, 6.45) is 1.98. The average molecular weight is 385 g/mol. The summed E-state index contributed by atoms with van der Waals surface area (Å²) in [7, 11) is 0. The van der Waals surface area contributed by atoms with E-state index in [0.717, 1.165) is 22.9 Å². The van der Waals surface area contributed by atoms with Crippen molar-refractivity contribution in [1.29, 1.82) is 0 Å². The minimum Gasteiger partial charge on any atom is -0.453 e. The van der Waals surface area contributed by atoms with E-state index in [0.29, 0.717) is 27.3 Å². The first-order valence-electron chi connectivity index (χ1n) is 7.40. The van der Waals surface area contributed by atoms with Gasteiger partial charge in [0.05, 0.1) is 5.02 Å². The predicted molar refractivity (Wildman–Crippen MR) is 93.7 cm³/mol. The van der Waals surface area contributed by atoms with Crippen molar-refractivity contribution in [1.82, 2.24) is 20.2 Å². The fourth-order valence-corrected chi connectivity index (χ4v) is 3.85. The molecule has 1 aromatic carbocycles. The van der Waals surface area contributed by atoms with Crippen LogP contribution in [0.4, 0.5) is 0 Å². The molecule has 0 saturated carbocycles. The molecule has 126 valence electrons. The van der Waals surface area contributed by atoms with Crippen molar-refractivity contribution in [2.45, 2.75) is 32.9 Å². The fraction of sp³-hybridized carbons (Fsp3) is 0.333. The Balaban J connectivity index is 1.74. The van der Waals surface area contributed by atoms with E-state index >= 15 is 0 Å². The summed E-state index contributed by atoms with van der Waals surface area (Å²) >= 11 is 13.5. The molecule has 0 aliphatic rings. The van der Waals surface area contributed by atoms with Gasteiger partial charge in [-0.1, -0.05) is 42.6 Å². The van der Waals surface area contributed by atoms with Gasteiger partial charge in [-0.05, 0) is 29.0 Å². The number of hydrogen-bond acceptors (Lipinski definition) is 6. The number of esters is 1. The molecule has 0 unspecified atom stereocenters. The Labute approximate surface area is 152 Å². The van der Waals surface area contributed by atoms with Crippen LogP contribution < -0.4 is 0 Å². The second-order valence-electron chi connectivity index (χ2n) is 5.13. The molecular formula is C15H14Cl2N4O2S. The maximum atomic E-state index is 12.3. The van der Waals surface area contributed by atoms with Crippen LogP contribution in [0.25, 0.3) is 10.1 Å². The first kappa shape index (κ1) is 17.1. The summed E-state index contributed by atoms with van der Waals surface area (Å²) in [6, 6.07) is 5.30. The third-order valence-electron chi connectivity index (χ3n) is 3.44. The van der Waals surface area contributed by atoms with Crippen LogP contribution in [0.5, 0.6) is 0 Å². The highest BCUT2D eigenvalue weighted by molar-refractivity contribution is 7.21. The number of nitrogens with zero attached hydrogens (tertiary/aromatic N) is 4. The van der Waals surface area contributed by atoms with Crippen molar-refractivity contribution in [2.24, 2.45) is 0 Å². The predicted octanol–water partition coefficient (Wildman–Crippen LogP) is 4.35. The molecule has 0 saturated heterocycles. The molecule has 0 spiro atoms. The number of tetrazole rings is 1. The Hall–Kier alpha value is -1.70. The van der Waals surface area contributed by atoms with E-state index in [1.165, 1.54) is 11.3 Å². The van der Waals surface area contributed by atoms with Gasteiger partial charge < -0.3 is 4.74 Å². The molecule has 0 atom stereocenters. The van der Waals surface area contributed by atoms with Gasteiger partial charge in [0.1, 0.15) is 4.88 Å². The lowest BCUT2D eigenvalue weighted by Gasteiger charge is -2.04. The Morgan fingerprint density at radius 1 is 1.38 bits per heavy atom. The normalized spacial score (nSPS) is 11.1. The first-order chi connectivity index (χ1) is 11.6. The number of fused-ring (bicyclic) bond motifs is 1. The van der Waals surface area contributed by atoms with Crippen LogP contribution in [-0.4, -0.2) is 26.2 Å². The molecule has 24 heavy (non-hydrogen) atoms. The third kappa shape index (κ3) is 3.53. The third-order valence-corrected chi connectivity index (χ3v) is 5.31. The standard InChI is InChI=1S/C15H14Cl2N4O2S/c1-2-3-6-21-12(18-19-20-21)8-23-15(22)14-13(17)10-5-4-9(16)7-11(10)24-14/h4-5,7H,2-3,6,8H2,1H3. The summed E-state index contributed by atoms with van der Waals surface area (Å²) < 4.78 is 7.81. The van der Waals surface area contributed by atoms with Crippen LogP contribution in [0.1, 0.15) is 35.3 Å². The van der Waals surface area contributed by atoms with E-state index in [2.05, 4.69) is 22.4 Å². The van der Waals surface area contributed by atoms with E-state index in [9.17, 15) is 4.79 Å². The summed E-state index contributed by atoms with van der Waals surface area (Å²) in [4.78, 5) is 12.7. The van der Waals surface area contributed by atoms with Crippen LogP contribution in [0, 0.1) is 0 Å². The van der Waals surface area contributed by atoms with Gasteiger partial charge in [0, 0.05) is 21.7 Å². The smallest absolute Gasteiger partial charge is 0.350 e. The Morgan fingerprint density at radius 2 is 2.21 bits per heavy atom. The topological polar surface area (TPSA) is 69.9 Å². The number of ether oxygens (including phenoxy) is 1. The molecule has 0 radical (unpaired) electrons.